The molecule has 1 fully saturated rings. The second-order valence-electron chi connectivity index (χ2n) is 5.15. The number of aromatic nitrogens is 5. The molecule has 0 saturated heterocycles. The van der Waals surface area contributed by atoms with E-state index in [1.807, 2.05) is 0 Å². The van der Waals surface area contributed by atoms with Crippen LogP contribution in [0, 0.1) is 0 Å². The molecule has 0 spiro atoms. The second-order valence-corrected chi connectivity index (χ2v) is 5.15. The van der Waals surface area contributed by atoms with Gasteiger partial charge in [0.05, 0.1) is 6.10 Å². The van der Waals surface area contributed by atoms with Gasteiger partial charge in [-0.2, -0.15) is 15.0 Å². The molecular formula is C13H19N7O. The molecule has 3 N–H and O–H groups in total. The summed E-state index contributed by atoms with van der Waals surface area (Å²) in [5.41, 5.74) is 0. The fourth-order valence-corrected chi connectivity index (χ4v) is 2.44. The lowest BCUT2D eigenvalue weighted by molar-refractivity contribution is 0.126. The van der Waals surface area contributed by atoms with Crippen molar-refractivity contribution in [3.63, 3.8) is 0 Å². The molecule has 8 heteroatoms. The topological polar surface area (TPSA) is 101 Å². The molecule has 0 aromatic carbocycles. The fraction of sp³-hybridized carbons (Fsp3) is 0.538. The van der Waals surface area contributed by atoms with Crippen molar-refractivity contribution in [2.75, 3.05) is 17.7 Å². The van der Waals surface area contributed by atoms with E-state index in [-0.39, 0.29) is 12.1 Å². The van der Waals surface area contributed by atoms with E-state index < -0.39 is 0 Å². The van der Waals surface area contributed by atoms with Crippen LogP contribution in [0.15, 0.2) is 18.7 Å². The van der Waals surface area contributed by atoms with Crippen LogP contribution >= 0.6 is 0 Å². The number of nitrogens with one attached hydrogen (secondary N) is 2. The van der Waals surface area contributed by atoms with Gasteiger partial charge in [0.2, 0.25) is 17.8 Å². The average molecular weight is 289 g/mol. The van der Waals surface area contributed by atoms with Gasteiger partial charge in [0.15, 0.2) is 0 Å². The lowest BCUT2D eigenvalue weighted by Crippen LogP contribution is -2.29. The molecule has 1 aliphatic rings. The molecule has 2 heterocycles. The fourth-order valence-electron chi connectivity index (χ4n) is 2.44. The summed E-state index contributed by atoms with van der Waals surface area (Å²) in [4.78, 5) is 17.1. The zero-order valence-electron chi connectivity index (χ0n) is 11.9. The zero-order valence-corrected chi connectivity index (χ0v) is 11.9. The highest BCUT2D eigenvalue weighted by Crippen LogP contribution is 2.21. The van der Waals surface area contributed by atoms with E-state index in [4.69, 9.17) is 0 Å². The minimum Gasteiger partial charge on any atom is -0.393 e. The van der Waals surface area contributed by atoms with Crippen molar-refractivity contribution in [3.8, 4) is 5.95 Å². The van der Waals surface area contributed by atoms with Gasteiger partial charge in [0, 0.05) is 25.5 Å². The third kappa shape index (κ3) is 3.27. The largest absolute Gasteiger partial charge is 0.393 e. The van der Waals surface area contributed by atoms with Crippen LogP contribution in [0.3, 0.4) is 0 Å². The Hall–Kier alpha value is -2.22. The lowest BCUT2D eigenvalue weighted by Gasteiger charge is -2.26. The van der Waals surface area contributed by atoms with Gasteiger partial charge in [-0.15, -0.1) is 0 Å². The minimum atomic E-state index is -0.171. The van der Waals surface area contributed by atoms with E-state index in [1.54, 1.807) is 30.3 Å². The van der Waals surface area contributed by atoms with Gasteiger partial charge >= 0.3 is 0 Å². The van der Waals surface area contributed by atoms with Gasteiger partial charge in [0.1, 0.15) is 6.33 Å². The number of anilines is 2. The minimum absolute atomic E-state index is 0.171. The second kappa shape index (κ2) is 6.04. The van der Waals surface area contributed by atoms with Crippen molar-refractivity contribution < 1.29 is 5.11 Å². The number of aliphatic hydroxyl groups is 1. The first kappa shape index (κ1) is 13.7. The van der Waals surface area contributed by atoms with Crippen LogP contribution in [0.5, 0.6) is 0 Å². The van der Waals surface area contributed by atoms with Crippen LogP contribution in [-0.4, -0.2) is 48.8 Å². The maximum Gasteiger partial charge on any atom is 0.241 e. The molecule has 0 bridgehead atoms. The molecular weight excluding hydrogens is 270 g/mol. The maximum atomic E-state index is 9.56. The van der Waals surface area contributed by atoms with Crippen molar-refractivity contribution in [3.05, 3.63) is 18.7 Å². The summed E-state index contributed by atoms with van der Waals surface area (Å²) < 4.78 is 1.73. The summed E-state index contributed by atoms with van der Waals surface area (Å²) in [5, 5.41) is 15.8. The van der Waals surface area contributed by atoms with E-state index in [9.17, 15) is 5.11 Å². The first-order chi connectivity index (χ1) is 10.2. The molecule has 0 aliphatic heterocycles. The van der Waals surface area contributed by atoms with Gasteiger partial charge < -0.3 is 15.7 Å². The Labute approximate surface area is 122 Å². The van der Waals surface area contributed by atoms with Gasteiger partial charge in [-0.25, -0.2) is 4.98 Å². The predicted octanol–water partition coefficient (Wildman–Crippen LogP) is 0.814. The summed E-state index contributed by atoms with van der Waals surface area (Å²) in [7, 11) is 1.77. The molecule has 3 rings (SSSR count). The van der Waals surface area contributed by atoms with E-state index in [0.29, 0.717) is 17.8 Å². The Kier molecular flexibility index (Phi) is 3.96. The van der Waals surface area contributed by atoms with Gasteiger partial charge in [-0.3, -0.25) is 4.57 Å². The van der Waals surface area contributed by atoms with E-state index in [2.05, 4.69) is 30.6 Å². The van der Waals surface area contributed by atoms with E-state index in [0.717, 1.165) is 25.7 Å². The maximum absolute atomic E-state index is 9.56. The number of aliphatic hydroxyl groups excluding tert-OH is 1. The standard InChI is InChI=1S/C13H19N7O/c1-14-11-17-12(16-9-2-4-10(21)5-3-9)19-13(18-11)20-7-6-15-8-20/h6-10,21H,2-5H2,1H3,(H2,14,16,17,18,19). The molecule has 2 aromatic rings. The third-order valence-corrected chi connectivity index (χ3v) is 3.61. The first-order valence-corrected chi connectivity index (χ1v) is 7.11. The molecule has 0 radical (unpaired) electrons. The van der Waals surface area contributed by atoms with Gasteiger partial charge in [0.25, 0.3) is 0 Å². The Bertz CT molecular complexity index is 578. The Morgan fingerprint density at radius 2 is 1.90 bits per heavy atom. The zero-order chi connectivity index (χ0) is 14.7. The molecule has 21 heavy (non-hydrogen) atoms. The molecule has 2 aromatic heterocycles. The van der Waals surface area contributed by atoms with Crippen LogP contribution in [0.2, 0.25) is 0 Å². The summed E-state index contributed by atoms with van der Waals surface area (Å²) in [6.45, 7) is 0. The van der Waals surface area contributed by atoms with Crippen LogP contribution in [-0.2, 0) is 0 Å². The highest BCUT2D eigenvalue weighted by Gasteiger charge is 2.20. The Balaban J connectivity index is 1.79. The normalized spacial score (nSPS) is 22.0. The van der Waals surface area contributed by atoms with Gasteiger partial charge in [-0.05, 0) is 25.7 Å². The van der Waals surface area contributed by atoms with Crippen molar-refractivity contribution in [2.45, 2.75) is 37.8 Å². The molecule has 1 aliphatic carbocycles. The quantitative estimate of drug-likeness (QED) is 0.765. The van der Waals surface area contributed by atoms with Crippen molar-refractivity contribution in [1.29, 1.82) is 0 Å². The Morgan fingerprint density at radius 3 is 2.57 bits per heavy atom. The van der Waals surface area contributed by atoms with Gasteiger partial charge in [-0.1, -0.05) is 0 Å². The number of rotatable bonds is 4. The summed E-state index contributed by atoms with van der Waals surface area (Å²) >= 11 is 0. The van der Waals surface area contributed by atoms with Crippen LogP contribution in [0.25, 0.3) is 5.95 Å². The van der Waals surface area contributed by atoms with E-state index >= 15 is 0 Å². The van der Waals surface area contributed by atoms with Crippen molar-refractivity contribution in [1.82, 2.24) is 24.5 Å². The first-order valence-electron chi connectivity index (χ1n) is 7.11. The van der Waals surface area contributed by atoms with Crippen molar-refractivity contribution in [2.24, 2.45) is 0 Å². The van der Waals surface area contributed by atoms with Crippen LogP contribution in [0.1, 0.15) is 25.7 Å². The number of imidazole rings is 1. The molecule has 112 valence electrons. The highest BCUT2D eigenvalue weighted by atomic mass is 16.3. The molecule has 0 unspecified atom stereocenters. The summed E-state index contributed by atoms with van der Waals surface area (Å²) in [6, 6.07) is 0.288. The number of hydrogen-bond donors (Lipinski definition) is 3. The van der Waals surface area contributed by atoms with Crippen molar-refractivity contribution >= 4 is 11.9 Å². The molecule has 1 saturated carbocycles. The highest BCUT2D eigenvalue weighted by molar-refractivity contribution is 5.38. The third-order valence-electron chi connectivity index (χ3n) is 3.61. The smallest absolute Gasteiger partial charge is 0.241 e. The number of nitrogens with zero attached hydrogens (tertiary/aromatic N) is 5. The Morgan fingerprint density at radius 1 is 1.14 bits per heavy atom. The summed E-state index contributed by atoms with van der Waals surface area (Å²) in [6.07, 6.45) is 8.41. The van der Waals surface area contributed by atoms with Crippen LogP contribution < -0.4 is 10.6 Å². The molecule has 0 amide bonds. The average Bonchev–Trinajstić information content (AvgIpc) is 3.04. The summed E-state index contributed by atoms with van der Waals surface area (Å²) in [5.74, 6) is 1.57. The molecule has 0 atom stereocenters. The number of hydrogen-bond acceptors (Lipinski definition) is 7. The SMILES string of the molecule is CNc1nc(NC2CCC(O)CC2)nc(-n2ccnc2)n1. The van der Waals surface area contributed by atoms with Crippen LogP contribution in [0.4, 0.5) is 11.9 Å². The predicted molar refractivity (Wildman–Crippen MR) is 78.4 cm³/mol. The van der Waals surface area contributed by atoms with E-state index in [1.165, 1.54) is 0 Å². The monoisotopic (exact) mass is 289 g/mol. The molecule has 8 nitrogen and oxygen atoms in total. The lowest BCUT2D eigenvalue weighted by atomic mass is 9.93.